The molecule has 0 amide bonds. The normalized spacial score (nSPS) is 25.5. The molecule has 1 heterocycles. The molecule has 0 bridgehead atoms. The standard InChI is InChI=1S/C18H30N2O/c1-6-19-17(16-10-8-7-9-11-16)15(3)20-12-14(2)21-18(4,5)13-20/h7-11,14-15,17,19H,6,12-13H2,1-5H3. The van der Waals surface area contributed by atoms with Crippen molar-refractivity contribution in [1.82, 2.24) is 10.2 Å². The molecule has 0 radical (unpaired) electrons. The van der Waals surface area contributed by atoms with Gasteiger partial charge in [0.1, 0.15) is 0 Å². The van der Waals surface area contributed by atoms with Crippen LogP contribution in [0.15, 0.2) is 30.3 Å². The minimum absolute atomic E-state index is 0.0701. The number of ether oxygens (including phenoxy) is 1. The zero-order valence-corrected chi connectivity index (χ0v) is 14.1. The lowest BCUT2D eigenvalue weighted by atomic mass is 9.96. The maximum absolute atomic E-state index is 6.04. The molecule has 3 atom stereocenters. The van der Waals surface area contributed by atoms with E-state index >= 15 is 0 Å². The van der Waals surface area contributed by atoms with Crippen molar-refractivity contribution in [2.24, 2.45) is 0 Å². The third-order valence-electron chi connectivity index (χ3n) is 4.24. The smallest absolute Gasteiger partial charge is 0.0757 e. The van der Waals surface area contributed by atoms with Crippen LogP contribution in [0.25, 0.3) is 0 Å². The summed E-state index contributed by atoms with van der Waals surface area (Å²) < 4.78 is 6.04. The first-order valence-electron chi connectivity index (χ1n) is 8.13. The summed E-state index contributed by atoms with van der Waals surface area (Å²) in [6.07, 6.45) is 0.286. The van der Waals surface area contributed by atoms with Gasteiger partial charge in [-0.3, -0.25) is 4.90 Å². The Morgan fingerprint density at radius 1 is 1.33 bits per heavy atom. The number of hydrogen-bond acceptors (Lipinski definition) is 3. The van der Waals surface area contributed by atoms with Crippen LogP contribution in [0.5, 0.6) is 0 Å². The third-order valence-corrected chi connectivity index (χ3v) is 4.24. The molecule has 1 saturated heterocycles. The van der Waals surface area contributed by atoms with Crippen molar-refractivity contribution < 1.29 is 4.74 Å². The second-order valence-electron chi connectivity index (χ2n) is 6.80. The number of benzene rings is 1. The van der Waals surface area contributed by atoms with E-state index in [1.807, 2.05) is 0 Å². The zero-order chi connectivity index (χ0) is 15.5. The molecule has 1 aliphatic rings. The molecule has 1 fully saturated rings. The molecule has 1 aromatic carbocycles. The summed E-state index contributed by atoms with van der Waals surface area (Å²) >= 11 is 0. The van der Waals surface area contributed by atoms with Crippen LogP contribution in [-0.2, 0) is 4.74 Å². The van der Waals surface area contributed by atoms with Gasteiger partial charge in [0, 0.05) is 25.2 Å². The van der Waals surface area contributed by atoms with Crippen LogP contribution in [-0.4, -0.2) is 42.3 Å². The lowest BCUT2D eigenvalue weighted by Crippen LogP contribution is -2.56. The summed E-state index contributed by atoms with van der Waals surface area (Å²) in [5.74, 6) is 0. The van der Waals surface area contributed by atoms with E-state index in [9.17, 15) is 0 Å². The minimum Gasteiger partial charge on any atom is -0.370 e. The van der Waals surface area contributed by atoms with Crippen molar-refractivity contribution in [3.63, 3.8) is 0 Å². The fourth-order valence-electron chi connectivity index (χ4n) is 3.47. The molecule has 0 saturated carbocycles. The monoisotopic (exact) mass is 290 g/mol. The van der Waals surface area contributed by atoms with Gasteiger partial charge in [0.05, 0.1) is 11.7 Å². The van der Waals surface area contributed by atoms with Crippen molar-refractivity contribution >= 4 is 0 Å². The summed E-state index contributed by atoms with van der Waals surface area (Å²) in [7, 11) is 0. The maximum atomic E-state index is 6.04. The molecule has 3 heteroatoms. The van der Waals surface area contributed by atoms with Gasteiger partial charge in [0.2, 0.25) is 0 Å². The highest BCUT2D eigenvalue weighted by Gasteiger charge is 2.35. The first-order chi connectivity index (χ1) is 9.93. The van der Waals surface area contributed by atoms with E-state index in [0.717, 1.165) is 19.6 Å². The molecule has 2 rings (SSSR count). The van der Waals surface area contributed by atoms with E-state index in [1.165, 1.54) is 5.56 Å². The number of morpholine rings is 1. The summed E-state index contributed by atoms with van der Waals surface area (Å²) in [4.78, 5) is 2.56. The molecule has 21 heavy (non-hydrogen) atoms. The van der Waals surface area contributed by atoms with Gasteiger partial charge in [-0.1, -0.05) is 37.3 Å². The van der Waals surface area contributed by atoms with Crippen LogP contribution in [0.3, 0.4) is 0 Å². The quantitative estimate of drug-likeness (QED) is 0.901. The SMILES string of the molecule is CCNC(c1ccccc1)C(C)N1CC(C)OC(C)(C)C1. The number of likely N-dealkylation sites (N-methyl/N-ethyl adjacent to an activating group) is 1. The lowest BCUT2D eigenvalue weighted by molar-refractivity contribution is -0.139. The summed E-state index contributed by atoms with van der Waals surface area (Å²) in [6.45, 7) is 14.0. The molecule has 3 unspecified atom stereocenters. The van der Waals surface area contributed by atoms with Gasteiger partial charge in [-0.15, -0.1) is 0 Å². The van der Waals surface area contributed by atoms with Crippen LogP contribution < -0.4 is 5.32 Å². The highest BCUT2D eigenvalue weighted by atomic mass is 16.5. The summed E-state index contributed by atoms with van der Waals surface area (Å²) in [6, 6.07) is 11.6. The topological polar surface area (TPSA) is 24.5 Å². The highest BCUT2D eigenvalue weighted by Crippen LogP contribution is 2.27. The van der Waals surface area contributed by atoms with E-state index in [0.29, 0.717) is 12.1 Å². The Hall–Kier alpha value is -0.900. The molecule has 3 nitrogen and oxygen atoms in total. The van der Waals surface area contributed by atoms with E-state index in [1.54, 1.807) is 0 Å². The zero-order valence-electron chi connectivity index (χ0n) is 14.1. The molecule has 1 aromatic rings. The van der Waals surface area contributed by atoms with E-state index in [4.69, 9.17) is 4.74 Å². The van der Waals surface area contributed by atoms with Crippen LogP contribution in [0.4, 0.5) is 0 Å². The van der Waals surface area contributed by atoms with Gasteiger partial charge in [0.15, 0.2) is 0 Å². The Kier molecular flexibility index (Phi) is 5.42. The Morgan fingerprint density at radius 3 is 2.57 bits per heavy atom. The Balaban J connectivity index is 2.16. The van der Waals surface area contributed by atoms with Crippen molar-refractivity contribution in [1.29, 1.82) is 0 Å². The average Bonchev–Trinajstić information content (AvgIpc) is 2.43. The Labute approximate surface area is 129 Å². The number of hydrogen-bond donors (Lipinski definition) is 1. The lowest BCUT2D eigenvalue weighted by Gasteiger charge is -2.46. The largest absolute Gasteiger partial charge is 0.370 e. The van der Waals surface area contributed by atoms with Gasteiger partial charge in [-0.2, -0.15) is 0 Å². The van der Waals surface area contributed by atoms with E-state index < -0.39 is 0 Å². The van der Waals surface area contributed by atoms with Crippen molar-refractivity contribution in [3.8, 4) is 0 Å². The van der Waals surface area contributed by atoms with Crippen LogP contribution in [0.2, 0.25) is 0 Å². The number of rotatable bonds is 5. The number of nitrogens with one attached hydrogen (secondary N) is 1. The van der Waals surface area contributed by atoms with Gasteiger partial charge >= 0.3 is 0 Å². The summed E-state index contributed by atoms with van der Waals surface area (Å²) in [5.41, 5.74) is 1.29. The third kappa shape index (κ3) is 4.29. The second-order valence-corrected chi connectivity index (χ2v) is 6.80. The summed E-state index contributed by atoms with van der Waals surface area (Å²) in [5, 5.41) is 3.66. The molecular weight excluding hydrogens is 260 g/mol. The van der Waals surface area contributed by atoms with Crippen molar-refractivity contribution in [2.45, 2.75) is 58.4 Å². The predicted octanol–water partition coefficient (Wildman–Crippen LogP) is 3.23. The molecule has 0 aliphatic carbocycles. The highest BCUT2D eigenvalue weighted by molar-refractivity contribution is 5.20. The molecule has 0 spiro atoms. The molecule has 1 aliphatic heterocycles. The fraction of sp³-hybridized carbons (Fsp3) is 0.667. The van der Waals surface area contributed by atoms with Crippen molar-refractivity contribution in [3.05, 3.63) is 35.9 Å². The van der Waals surface area contributed by atoms with Gasteiger partial charge in [0.25, 0.3) is 0 Å². The van der Waals surface area contributed by atoms with Crippen molar-refractivity contribution in [2.75, 3.05) is 19.6 Å². The van der Waals surface area contributed by atoms with Crippen LogP contribution in [0, 0.1) is 0 Å². The Bertz CT molecular complexity index is 432. The van der Waals surface area contributed by atoms with E-state index in [-0.39, 0.29) is 11.7 Å². The first-order valence-corrected chi connectivity index (χ1v) is 8.13. The van der Waals surface area contributed by atoms with Gasteiger partial charge in [-0.25, -0.2) is 0 Å². The first kappa shape index (κ1) is 16.5. The molecule has 1 N–H and O–H groups in total. The average molecular weight is 290 g/mol. The minimum atomic E-state index is -0.0701. The maximum Gasteiger partial charge on any atom is 0.0757 e. The van der Waals surface area contributed by atoms with Crippen LogP contribution >= 0.6 is 0 Å². The van der Waals surface area contributed by atoms with Crippen LogP contribution in [0.1, 0.15) is 46.2 Å². The Morgan fingerprint density at radius 2 is 2.00 bits per heavy atom. The van der Waals surface area contributed by atoms with Gasteiger partial charge < -0.3 is 10.1 Å². The second kappa shape index (κ2) is 6.91. The molecule has 0 aromatic heterocycles. The predicted molar refractivity (Wildman–Crippen MR) is 88.5 cm³/mol. The molecular formula is C18H30N2O. The van der Waals surface area contributed by atoms with Gasteiger partial charge in [-0.05, 0) is 39.8 Å². The fourth-order valence-corrected chi connectivity index (χ4v) is 3.47. The van der Waals surface area contributed by atoms with E-state index in [2.05, 4.69) is 75.2 Å². The molecule has 118 valence electrons. The number of nitrogens with zero attached hydrogens (tertiary/aromatic N) is 1.